The van der Waals surface area contributed by atoms with Gasteiger partial charge in [0.25, 0.3) is 5.91 Å². The van der Waals surface area contributed by atoms with Crippen LogP contribution < -0.4 is 5.32 Å². The van der Waals surface area contributed by atoms with E-state index in [1.165, 1.54) is 0 Å². The lowest BCUT2D eigenvalue weighted by Crippen LogP contribution is -2.11. The fraction of sp³-hybridized carbons (Fsp3) is 0. The molecule has 1 aliphatic carbocycles. The summed E-state index contributed by atoms with van der Waals surface area (Å²) in [5.74, 6) is -0.188. The third kappa shape index (κ3) is 6.83. The van der Waals surface area contributed by atoms with Crippen LogP contribution in [0.5, 0.6) is 0 Å². The highest BCUT2D eigenvalue weighted by molar-refractivity contribution is 6.05. The number of aromatic amines is 2. The number of fused-ring (bicyclic) bond motifs is 8. The molecule has 0 unspecified atom stereocenters. The van der Waals surface area contributed by atoms with Crippen molar-refractivity contribution in [3.8, 4) is 44.5 Å². The second-order valence-corrected chi connectivity index (χ2v) is 15.3. The van der Waals surface area contributed by atoms with Crippen molar-refractivity contribution in [1.82, 2.24) is 19.9 Å². The first kappa shape index (κ1) is 36.5. The second kappa shape index (κ2) is 15.6. The van der Waals surface area contributed by atoms with Crippen molar-refractivity contribution in [1.29, 1.82) is 0 Å². The minimum Gasteiger partial charge on any atom is -0.354 e. The molecule has 3 aromatic heterocycles. The fourth-order valence-corrected chi connectivity index (χ4v) is 8.47. The van der Waals surface area contributed by atoms with Crippen molar-refractivity contribution in [3.05, 3.63) is 222 Å². The molecule has 6 heteroatoms. The lowest BCUT2D eigenvalue weighted by Gasteiger charge is -2.09. The number of nitrogens with zero attached hydrogens (tertiary/aromatic N) is 2. The van der Waals surface area contributed by atoms with Gasteiger partial charge >= 0.3 is 0 Å². The molecule has 0 fully saturated rings. The number of amides is 1. The predicted octanol–water partition coefficient (Wildman–Crippen LogP) is 13.7. The Labute approximate surface area is 358 Å². The summed E-state index contributed by atoms with van der Waals surface area (Å²) in [5, 5.41) is 3.06. The molecule has 62 heavy (non-hydrogen) atoms. The van der Waals surface area contributed by atoms with Crippen molar-refractivity contribution in [2.45, 2.75) is 0 Å². The number of allylic oxidation sites excluding steroid dienone is 3. The zero-order chi connectivity index (χ0) is 41.4. The van der Waals surface area contributed by atoms with E-state index in [1.54, 1.807) is 0 Å². The van der Waals surface area contributed by atoms with Crippen LogP contribution in [0, 0.1) is 0 Å². The lowest BCUT2D eigenvalue weighted by atomic mass is 10.0. The van der Waals surface area contributed by atoms with E-state index in [1.807, 2.05) is 85.0 Å². The Balaban J connectivity index is 1.12. The van der Waals surface area contributed by atoms with Gasteiger partial charge in [-0.1, -0.05) is 121 Å². The molecule has 5 aromatic carbocycles. The van der Waals surface area contributed by atoms with Crippen molar-refractivity contribution in [3.63, 3.8) is 0 Å². The van der Waals surface area contributed by atoms with E-state index in [0.29, 0.717) is 5.56 Å². The molecule has 1 amide bonds. The van der Waals surface area contributed by atoms with Gasteiger partial charge in [0.1, 0.15) is 0 Å². The summed E-state index contributed by atoms with van der Waals surface area (Å²) in [6, 6.07) is 55.3. The Hall–Kier alpha value is -8.57. The van der Waals surface area contributed by atoms with Crippen LogP contribution in [0.3, 0.4) is 0 Å². The predicted molar refractivity (Wildman–Crippen MR) is 256 cm³/mol. The van der Waals surface area contributed by atoms with Crippen LogP contribution in [0.2, 0.25) is 0 Å². The zero-order valence-electron chi connectivity index (χ0n) is 33.4. The SMILES string of the molecule is O=C(Nc1ccc(C2=C=CC=C2)cc1)c1ccc(-c2c3nc(c(-c4ccccc4)c4ccc([nH]4)c(-c4ccccc4)c4nc(c(-c5ccccc5)c5ccc2[nH]5)C=C4)C=C3)cc1. The van der Waals surface area contributed by atoms with E-state index in [0.717, 1.165) is 106 Å². The average molecular weight is 796 g/mol. The molecule has 8 bridgehead atoms. The Morgan fingerprint density at radius 1 is 0.419 bits per heavy atom. The molecule has 0 saturated heterocycles. The number of carbonyl (C=O) groups is 1. The molecule has 292 valence electrons. The molecule has 11 rings (SSSR count). The van der Waals surface area contributed by atoms with Crippen LogP contribution in [-0.4, -0.2) is 25.8 Å². The van der Waals surface area contributed by atoms with Crippen LogP contribution in [0.25, 0.3) is 96.5 Å². The number of hydrogen-bond acceptors (Lipinski definition) is 3. The molecular formula is C56H37N5O. The van der Waals surface area contributed by atoms with Gasteiger partial charge in [0.2, 0.25) is 0 Å². The molecular weight excluding hydrogens is 759 g/mol. The van der Waals surface area contributed by atoms with Crippen LogP contribution >= 0.6 is 0 Å². The van der Waals surface area contributed by atoms with Gasteiger partial charge in [-0.05, 0) is 113 Å². The number of benzene rings is 5. The van der Waals surface area contributed by atoms with Gasteiger partial charge in [0.05, 0.1) is 22.8 Å². The number of nitrogens with one attached hydrogen (secondary N) is 3. The topological polar surface area (TPSA) is 86.5 Å². The molecule has 5 heterocycles. The maximum atomic E-state index is 13.6. The minimum atomic E-state index is -0.188. The van der Waals surface area contributed by atoms with E-state index in [4.69, 9.17) is 9.97 Å². The van der Waals surface area contributed by atoms with Gasteiger partial charge in [0.15, 0.2) is 0 Å². The lowest BCUT2D eigenvalue weighted by molar-refractivity contribution is 0.102. The van der Waals surface area contributed by atoms with E-state index >= 15 is 0 Å². The quantitative estimate of drug-likeness (QED) is 0.140. The maximum absolute atomic E-state index is 13.6. The highest BCUT2D eigenvalue weighted by atomic mass is 16.1. The molecule has 0 spiro atoms. The molecule has 3 N–H and O–H groups in total. The Bertz CT molecular complexity index is 3350. The fourth-order valence-electron chi connectivity index (χ4n) is 8.47. The maximum Gasteiger partial charge on any atom is 0.255 e. The van der Waals surface area contributed by atoms with Crippen molar-refractivity contribution >= 4 is 63.5 Å². The Morgan fingerprint density at radius 2 is 0.806 bits per heavy atom. The molecule has 0 radical (unpaired) electrons. The molecule has 3 aliphatic rings. The summed E-state index contributed by atoms with van der Waals surface area (Å²) in [5.41, 5.74) is 21.6. The normalized spacial score (nSPS) is 12.5. The van der Waals surface area contributed by atoms with Gasteiger partial charge in [-0.25, -0.2) is 9.97 Å². The first-order chi connectivity index (χ1) is 30.6. The van der Waals surface area contributed by atoms with Crippen molar-refractivity contribution in [2.75, 3.05) is 5.32 Å². The Kier molecular flexibility index (Phi) is 9.16. The largest absolute Gasteiger partial charge is 0.354 e. The first-order valence-corrected chi connectivity index (χ1v) is 20.6. The summed E-state index contributed by atoms with van der Waals surface area (Å²) < 4.78 is 0. The Morgan fingerprint density at radius 3 is 1.19 bits per heavy atom. The zero-order valence-corrected chi connectivity index (χ0v) is 33.4. The van der Waals surface area contributed by atoms with Crippen molar-refractivity contribution < 1.29 is 4.79 Å². The van der Waals surface area contributed by atoms with Gasteiger partial charge in [-0.15, -0.1) is 5.73 Å². The number of H-pyrrole nitrogens is 2. The first-order valence-electron chi connectivity index (χ1n) is 20.6. The van der Waals surface area contributed by atoms with Gasteiger partial charge in [-0.3, -0.25) is 4.79 Å². The van der Waals surface area contributed by atoms with E-state index in [-0.39, 0.29) is 5.91 Å². The van der Waals surface area contributed by atoms with Gasteiger partial charge < -0.3 is 15.3 Å². The number of carbonyl (C=O) groups excluding carboxylic acids is 1. The van der Waals surface area contributed by atoms with E-state index < -0.39 is 0 Å². The minimum absolute atomic E-state index is 0.188. The van der Waals surface area contributed by atoms with Crippen LogP contribution in [0.1, 0.15) is 38.7 Å². The second-order valence-electron chi connectivity index (χ2n) is 15.3. The standard InChI is InChI=1S/C56H37N5O/c62-56(57-43-26-24-37(25-27-43)36-12-10-11-13-36)42-22-20-41(21-23-42)55-50-34-32-48(60-50)53(39-16-6-2-7-17-39)46-30-28-44(58-46)52(38-14-4-1-5-15-38)45-29-31-47(59-45)54(40-18-8-3-9-19-40)49-33-35-51(55)61-49/h1-12,14-35,58,61H,(H,57,62). The van der Waals surface area contributed by atoms with E-state index in [2.05, 4.69) is 142 Å². The molecule has 0 saturated carbocycles. The summed E-state index contributed by atoms with van der Waals surface area (Å²) in [6.07, 6.45) is 14.3. The summed E-state index contributed by atoms with van der Waals surface area (Å²) in [4.78, 5) is 32.0. The van der Waals surface area contributed by atoms with Crippen LogP contribution in [-0.2, 0) is 0 Å². The third-order valence-corrected chi connectivity index (χ3v) is 11.4. The molecule has 8 aromatic rings. The van der Waals surface area contributed by atoms with Gasteiger partial charge in [0, 0.05) is 61.1 Å². The highest BCUT2D eigenvalue weighted by Crippen LogP contribution is 2.38. The number of anilines is 1. The summed E-state index contributed by atoms with van der Waals surface area (Å²) >= 11 is 0. The number of rotatable bonds is 7. The third-order valence-electron chi connectivity index (χ3n) is 11.4. The molecule has 0 atom stereocenters. The van der Waals surface area contributed by atoms with Crippen molar-refractivity contribution in [2.24, 2.45) is 0 Å². The summed E-state index contributed by atoms with van der Waals surface area (Å²) in [7, 11) is 0. The van der Waals surface area contributed by atoms with Gasteiger partial charge in [-0.2, -0.15) is 0 Å². The van der Waals surface area contributed by atoms with E-state index in [9.17, 15) is 4.79 Å². The van der Waals surface area contributed by atoms with Crippen LogP contribution in [0.15, 0.2) is 188 Å². The average Bonchev–Trinajstić information content (AvgIpc) is 4.19. The number of aromatic nitrogens is 4. The monoisotopic (exact) mass is 795 g/mol. The molecule has 6 nitrogen and oxygen atoms in total. The smallest absolute Gasteiger partial charge is 0.255 e. The summed E-state index contributed by atoms with van der Waals surface area (Å²) in [6.45, 7) is 0. The number of hydrogen-bond donors (Lipinski definition) is 3. The highest BCUT2D eigenvalue weighted by Gasteiger charge is 2.19. The van der Waals surface area contributed by atoms with Crippen LogP contribution in [0.4, 0.5) is 5.69 Å². The molecule has 2 aliphatic heterocycles.